The summed E-state index contributed by atoms with van der Waals surface area (Å²) in [5, 5.41) is 11.8. The van der Waals surface area contributed by atoms with Crippen molar-refractivity contribution in [2.45, 2.75) is 12.8 Å². The molecule has 1 N–H and O–H groups in total. The Morgan fingerprint density at radius 2 is 2.18 bits per heavy atom. The van der Waals surface area contributed by atoms with E-state index in [9.17, 15) is 9.59 Å². The molecule has 11 nitrogen and oxygen atoms in total. The number of pyridine rings is 2. The molecule has 12 heteroatoms. The molecular formula is C22H23ClN6O5. The van der Waals surface area contributed by atoms with Crippen molar-refractivity contribution in [2.24, 2.45) is 0 Å². The van der Waals surface area contributed by atoms with Crippen LogP contribution in [0.5, 0.6) is 0 Å². The molecule has 1 aliphatic heterocycles. The Labute approximate surface area is 201 Å². The number of amides is 2. The van der Waals surface area contributed by atoms with E-state index in [0.29, 0.717) is 36.9 Å². The summed E-state index contributed by atoms with van der Waals surface area (Å²) >= 11 is 6.01. The fourth-order valence-corrected chi connectivity index (χ4v) is 3.45. The van der Waals surface area contributed by atoms with Gasteiger partial charge in [-0.1, -0.05) is 17.7 Å². The lowest BCUT2D eigenvalue weighted by Gasteiger charge is -2.30. The van der Waals surface area contributed by atoms with Gasteiger partial charge in [0.1, 0.15) is 35.0 Å². The standard InChI is InChI=1S/C22H23ClN6O5/c1-28(22(31)26-18-8-17(23)15(9-24)10-25-18)19-5-4-14(20(27-19)21(32-2)33-3)11-29-6-7-34-13-16(29)12-30/h4-5,8,10,21H,6-7,11,13H2,1-3H3,(H,25,26,31). The fourth-order valence-electron chi connectivity index (χ4n) is 3.26. The van der Waals surface area contributed by atoms with Crippen molar-refractivity contribution in [3.63, 3.8) is 0 Å². The predicted molar refractivity (Wildman–Crippen MR) is 123 cm³/mol. The number of nitrogens with one attached hydrogen (secondary N) is 1. The molecule has 0 atom stereocenters. The number of rotatable bonds is 7. The van der Waals surface area contributed by atoms with Crippen molar-refractivity contribution < 1.29 is 23.8 Å². The van der Waals surface area contributed by atoms with E-state index in [1.165, 1.54) is 38.4 Å². The van der Waals surface area contributed by atoms with Gasteiger partial charge < -0.3 is 19.1 Å². The Balaban J connectivity index is 1.85. The monoisotopic (exact) mass is 486 g/mol. The van der Waals surface area contributed by atoms with Crippen LogP contribution in [0.4, 0.5) is 16.4 Å². The summed E-state index contributed by atoms with van der Waals surface area (Å²) in [4.78, 5) is 35.8. The van der Waals surface area contributed by atoms with E-state index >= 15 is 0 Å². The van der Waals surface area contributed by atoms with Gasteiger partial charge in [-0.15, -0.1) is 0 Å². The van der Waals surface area contributed by atoms with E-state index in [4.69, 9.17) is 31.1 Å². The molecule has 0 unspecified atom stereocenters. The molecule has 0 bridgehead atoms. The minimum absolute atomic E-state index is 0.176. The van der Waals surface area contributed by atoms with E-state index in [-0.39, 0.29) is 23.0 Å². The predicted octanol–water partition coefficient (Wildman–Crippen LogP) is 2.51. The van der Waals surface area contributed by atoms with Crippen molar-refractivity contribution in [2.75, 3.05) is 51.2 Å². The largest absolute Gasteiger partial charge is 0.373 e. The molecule has 3 rings (SSSR count). The van der Waals surface area contributed by atoms with Crippen LogP contribution in [0.15, 0.2) is 30.1 Å². The fraction of sp³-hybridized carbons (Fsp3) is 0.364. The van der Waals surface area contributed by atoms with Crippen molar-refractivity contribution in [1.82, 2.24) is 14.9 Å². The van der Waals surface area contributed by atoms with Crippen LogP contribution >= 0.6 is 11.6 Å². The lowest BCUT2D eigenvalue weighted by molar-refractivity contribution is -0.109. The van der Waals surface area contributed by atoms with Crippen molar-refractivity contribution >= 4 is 35.2 Å². The van der Waals surface area contributed by atoms with Gasteiger partial charge in [-0.05, 0) is 11.6 Å². The molecule has 2 aromatic heterocycles. The van der Waals surface area contributed by atoms with Gasteiger partial charge in [0.25, 0.3) is 0 Å². The van der Waals surface area contributed by atoms with Crippen LogP contribution in [-0.2, 0) is 25.5 Å². The molecule has 2 amide bonds. The van der Waals surface area contributed by atoms with Crippen LogP contribution < -0.4 is 10.2 Å². The van der Waals surface area contributed by atoms with Gasteiger partial charge in [0.05, 0.1) is 23.8 Å². The first-order valence-corrected chi connectivity index (χ1v) is 10.5. The minimum atomic E-state index is -0.796. The van der Waals surface area contributed by atoms with Crippen LogP contribution in [0, 0.1) is 11.3 Å². The van der Waals surface area contributed by atoms with Crippen LogP contribution in [0.3, 0.4) is 0 Å². The second kappa shape index (κ2) is 11.6. The molecule has 178 valence electrons. The molecule has 2 aromatic rings. The quantitative estimate of drug-likeness (QED) is 0.463. The third-order valence-electron chi connectivity index (χ3n) is 5.11. The van der Waals surface area contributed by atoms with Crippen LogP contribution in [0.2, 0.25) is 5.02 Å². The van der Waals surface area contributed by atoms with Crippen LogP contribution in [0.1, 0.15) is 23.1 Å². The molecule has 0 aromatic carbocycles. The molecule has 0 saturated carbocycles. The van der Waals surface area contributed by atoms with Gasteiger partial charge in [0.2, 0.25) is 6.29 Å². The average molecular weight is 487 g/mol. The Kier molecular flexibility index (Phi) is 8.54. The maximum Gasteiger partial charge on any atom is 0.328 e. The molecule has 1 fully saturated rings. The summed E-state index contributed by atoms with van der Waals surface area (Å²) in [6, 6.07) is 6.24. The SMILES string of the molecule is COC(OC)c1nc(N(C)C(=O)Nc2cc(Cl)c(C#N)cn2)ccc1CN1CCOCC1=C=O. The highest BCUT2D eigenvalue weighted by Gasteiger charge is 2.24. The molecule has 3 heterocycles. The zero-order valence-corrected chi connectivity index (χ0v) is 19.6. The number of anilines is 2. The van der Waals surface area contributed by atoms with E-state index in [2.05, 4.69) is 15.3 Å². The van der Waals surface area contributed by atoms with E-state index in [1.54, 1.807) is 12.1 Å². The second-order valence-corrected chi connectivity index (χ2v) is 7.60. The number of morpholine rings is 1. The van der Waals surface area contributed by atoms with Gasteiger partial charge in [0, 0.05) is 46.6 Å². The average Bonchev–Trinajstić information content (AvgIpc) is 2.85. The molecule has 0 radical (unpaired) electrons. The number of nitrogens with zero attached hydrogens (tertiary/aromatic N) is 5. The summed E-state index contributed by atoms with van der Waals surface area (Å²) in [5.41, 5.74) is 1.82. The van der Waals surface area contributed by atoms with Crippen molar-refractivity contribution in [3.8, 4) is 6.07 Å². The summed E-state index contributed by atoms with van der Waals surface area (Å²) in [7, 11) is 4.50. The first kappa shape index (κ1) is 25.1. The highest BCUT2D eigenvalue weighted by Crippen LogP contribution is 2.26. The number of hydrogen-bond donors (Lipinski definition) is 1. The van der Waals surface area contributed by atoms with Crippen LogP contribution in [0.25, 0.3) is 0 Å². The topological polar surface area (TPSA) is 130 Å². The number of nitriles is 1. The number of urea groups is 1. The zero-order chi connectivity index (χ0) is 24.7. The van der Waals surface area contributed by atoms with Gasteiger partial charge in [-0.2, -0.15) is 5.26 Å². The molecule has 34 heavy (non-hydrogen) atoms. The summed E-state index contributed by atoms with van der Waals surface area (Å²) in [6.07, 6.45) is 0.480. The second-order valence-electron chi connectivity index (χ2n) is 7.19. The third kappa shape index (κ3) is 5.69. The molecule has 1 saturated heterocycles. The van der Waals surface area contributed by atoms with Crippen molar-refractivity contribution in [3.05, 3.63) is 51.9 Å². The smallest absolute Gasteiger partial charge is 0.328 e. The highest BCUT2D eigenvalue weighted by molar-refractivity contribution is 6.32. The first-order chi connectivity index (χ1) is 16.4. The molecule has 1 aliphatic rings. The number of methoxy groups -OCH3 is 2. The van der Waals surface area contributed by atoms with Gasteiger partial charge in [-0.25, -0.2) is 19.6 Å². The Bertz CT molecular complexity index is 1140. The zero-order valence-electron chi connectivity index (χ0n) is 18.9. The molecule has 0 aliphatic carbocycles. The number of hydrogen-bond acceptors (Lipinski definition) is 9. The van der Waals surface area contributed by atoms with E-state index in [1.807, 2.05) is 16.9 Å². The minimum Gasteiger partial charge on any atom is -0.373 e. The van der Waals surface area contributed by atoms with Gasteiger partial charge in [-0.3, -0.25) is 10.2 Å². The Morgan fingerprint density at radius 3 is 2.82 bits per heavy atom. The van der Waals surface area contributed by atoms with Gasteiger partial charge in [0.15, 0.2) is 0 Å². The van der Waals surface area contributed by atoms with Crippen LogP contribution in [-0.4, -0.2) is 67.9 Å². The number of halogens is 1. The lowest BCUT2D eigenvalue weighted by Crippen LogP contribution is -2.35. The Morgan fingerprint density at radius 1 is 1.41 bits per heavy atom. The molecular weight excluding hydrogens is 464 g/mol. The number of carbonyl (C=O) groups is 1. The van der Waals surface area contributed by atoms with Crippen molar-refractivity contribution in [1.29, 1.82) is 5.26 Å². The third-order valence-corrected chi connectivity index (χ3v) is 5.42. The Hall–Kier alpha value is -3.52. The highest BCUT2D eigenvalue weighted by atomic mass is 35.5. The maximum atomic E-state index is 12.8. The first-order valence-electron chi connectivity index (χ1n) is 10.1. The summed E-state index contributed by atoms with van der Waals surface area (Å²) < 4.78 is 16.1. The lowest BCUT2D eigenvalue weighted by atomic mass is 10.1. The van der Waals surface area contributed by atoms with E-state index in [0.717, 1.165) is 5.56 Å². The summed E-state index contributed by atoms with van der Waals surface area (Å²) in [5.74, 6) is 2.43. The normalized spacial score (nSPS) is 13.4. The number of carbonyl (C=O) groups excluding carboxylic acids is 2. The summed E-state index contributed by atoms with van der Waals surface area (Å²) in [6.45, 7) is 1.57. The number of aromatic nitrogens is 2. The maximum absolute atomic E-state index is 12.8. The van der Waals surface area contributed by atoms with E-state index < -0.39 is 12.3 Å². The number of ether oxygens (including phenoxy) is 3. The molecule has 0 spiro atoms. The van der Waals surface area contributed by atoms with Gasteiger partial charge >= 0.3 is 6.03 Å².